The molecule has 3 rings (SSSR count). The Labute approximate surface area is 145 Å². The molecule has 1 aliphatic carbocycles. The Morgan fingerprint density at radius 1 is 1.36 bits per heavy atom. The number of pyridine rings is 1. The van der Waals surface area contributed by atoms with E-state index in [2.05, 4.69) is 11.1 Å². The van der Waals surface area contributed by atoms with Gasteiger partial charge < -0.3 is 9.64 Å². The summed E-state index contributed by atoms with van der Waals surface area (Å²) < 4.78 is 32.7. The number of ether oxygens (including phenoxy) is 1. The standard InChI is InChI=1S/C18H21F2N3O2/c1-12-14-11-22-10-13(9-21)15(14)25-8-7-23(12)16(24)17(2)3-5-18(19,20)6-4-17/h10-12H,3-8H2,1-2H3/t12-/m0/s1. The van der Waals surface area contributed by atoms with Gasteiger partial charge in [-0.05, 0) is 19.8 Å². The number of hydrogen-bond acceptors (Lipinski definition) is 4. The minimum Gasteiger partial charge on any atom is -0.490 e. The highest BCUT2D eigenvalue weighted by molar-refractivity contribution is 5.83. The van der Waals surface area contributed by atoms with E-state index in [0.717, 1.165) is 0 Å². The van der Waals surface area contributed by atoms with Crippen molar-refractivity contribution in [3.8, 4) is 11.8 Å². The van der Waals surface area contributed by atoms with E-state index >= 15 is 0 Å². The second kappa shape index (κ2) is 6.25. The molecule has 5 nitrogen and oxygen atoms in total. The van der Waals surface area contributed by atoms with Crippen molar-refractivity contribution < 1.29 is 18.3 Å². The summed E-state index contributed by atoms with van der Waals surface area (Å²) in [7, 11) is 0. The van der Waals surface area contributed by atoms with Crippen LogP contribution in [0.25, 0.3) is 0 Å². The van der Waals surface area contributed by atoms with Crippen LogP contribution < -0.4 is 4.74 Å². The first-order valence-corrected chi connectivity index (χ1v) is 8.47. The first-order chi connectivity index (χ1) is 11.8. The van der Waals surface area contributed by atoms with E-state index in [1.54, 1.807) is 18.0 Å². The largest absolute Gasteiger partial charge is 0.490 e. The van der Waals surface area contributed by atoms with Gasteiger partial charge in [0.2, 0.25) is 11.8 Å². The molecule has 1 saturated carbocycles. The van der Waals surface area contributed by atoms with Gasteiger partial charge in [-0.15, -0.1) is 0 Å². The number of carbonyl (C=O) groups is 1. The van der Waals surface area contributed by atoms with Gasteiger partial charge in [0, 0.05) is 36.2 Å². The van der Waals surface area contributed by atoms with Crippen molar-refractivity contribution in [2.24, 2.45) is 5.41 Å². The van der Waals surface area contributed by atoms with Gasteiger partial charge in [-0.3, -0.25) is 9.78 Å². The number of carbonyl (C=O) groups excluding carboxylic acids is 1. The SMILES string of the molecule is C[C@H]1c2cncc(C#N)c2OCCN1C(=O)C1(C)CCC(F)(F)CC1. The highest BCUT2D eigenvalue weighted by Gasteiger charge is 2.47. The molecule has 0 aromatic carbocycles. The monoisotopic (exact) mass is 349 g/mol. The zero-order chi connectivity index (χ0) is 18.2. The van der Waals surface area contributed by atoms with Gasteiger partial charge in [-0.2, -0.15) is 5.26 Å². The number of aromatic nitrogens is 1. The van der Waals surface area contributed by atoms with Crippen LogP contribution >= 0.6 is 0 Å². The Bertz CT molecular complexity index is 720. The normalized spacial score (nSPS) is 24.4. The van der Waals surface area contributed by atoms with E-state index < -0.39 is 11.3 Å². The first kappa shape index (κ1) is 17.6. The zero-order valence-electron chi connectivity index (χ0n) is 14.4. The third kappa shape index (κ3) is 3.17. The number of nitrogens with zero attached hydrogens (tertiary/aromatic N) is 3. The number of halogens is 2. The molecule has 0 radical (unpaired) electrons. The number of hydrogen-bond donors (Lipinski definition) is 0. The van der Waals surface area contributed by atoms with Gasteiger partial charge in [-0.25, -0.2) is 8.78 Å². The minimum absolute atomic E-state index is 0.130. The Hall–Kier alpha value is -2.23. The number of alkyl halides is 2. The van der Waals surface area contributed by atoms with E-state index in [4.69, 9.17) is 4.74 Å². The fourth-order valence-corrected chi connectivity index (χ4v) is 3.62. The van der Waals surface area contributed by atoms with Crippen LogP contribution in [-0.2, 0) is 4.79 Å². The van der Waals surface area contributed by atoms with Gasteiger partial charge in [0.1, 0.15) is 24.0 Å². The second-order valence-electron chi connectivity index (χ2n) is 7.16. The summed E-state index contributed by atoms with van der Waals surface area (Å²) in [4.78, 5) is 18.9. The second-order valence-corrected chi connectivity index (χ2v) is 7.16. The summed E-state index contributed by atoms with van der Waals surface area (Å²) in [6.45, 7) is 4.24. The predicted molar refractivity (Wildman–Crippen MR) is 86.1 cm³/mol. The van der Waals surface area contributed by atoms with E-state index in [1.807, 2.05) is 6.92 Å². The van der Waals surface area contributed by atoms with Crippen LogP contribution in [0.1, 0.15) is 56.7 Å². The third-order valence-corrected chi connectivity index (χ3v) is 5.40. The van der Waals surface area contributed by atoms with Crippen molar-refractivity contribution in [2.75, 3.05) is 13.2 Å². The molecule has 2 aliphatic rings. The quantitative estimate of drug-likeness (QED) is 0.779. The van der Waals surface area contributed by atoms with Gasteiger partial charge >= 0.3 is 0 Å². The minimum atomic E-state index is -2.68. The van der Waals surface area contributed by atoms with Crippen molar-refractivity contribution in [1.29, 1.82) is 5.26 Å². The molecule has 0 N–H and O–H groups in total. The molecule has 1 aromatic heterocycles. The van der Waals surface area contributed by atoms with Crippen LogP contribution in [0.3, 0.4) is 0 Å². The lowest BCUT2D eigenvalue weighted by atomic mass is 9.73. The highest BCUT2D eigenvalue weighted by atomic mass is 19.3. The van der Waals surface area contributed by atoms with Crippen molar-refractivity contribution in [2.45, 2.75) is 51.5 Å². The van der Waals surface area contributed by atoms with E-state index in [0.29, 0.717) is 23.4 Å². The first-order valence-electron chi connectivity index (χ1n) is 8.47. The van der Waals surface area contributed by atoms with Crippen LogP contribution in [-0.4, -0.2) is 34.9 Å². The van der Waals surface area contributed by atoms with E-state index in [1.165, 1.54) is 6.20 Å². The van der Waals surface area contributed by atoms with Crippen LogP contribution in [0, 0.1) is 16.7 Å². The molecule has 25 heavy (non-hydrogen) atoms. The maximum absolute atomic E-state index is 13.5. The Morgan fingerprint density at radius 3 is 2.68 bits per heavy atom. The number of nitriles is 1. The molecule has 0 spiro atoms. The molecular weight excluding hydrogens is 328 g/mol. The van der Waals surface area contributed by atoms with Crippen molar-refractivity contribution >= 4 is 5.91 Å². The maximum Gasteiger partial charge on any atom is 0.248 e. The van der Waals surface area contributed by atoms with Crippen LogP contribution in [0.2, 0.25) is 0 Å². The van der Waals surface area contributed by atoms with Crippen molar-refractivity contribution in [3.05, 3.63) is 23.5 Å². The molecule has 134 valence electrons. The molecular formula is C18H21F2N3O2. The fraction of sp³-hybridized carbons (Fsp3) is 0.611. The van der Waals surface area contributed by atoms with Crippen LogP contribution in [0.15, 0.2) is 12.4 Å². The Morgan fingerprint density at radius 2 is 2.04 bits per heavy atom. The summed E-state index contributed by atoms with van der Waals surface area (Å²) in [6.07, 6.45) is 2.87. The predicted octanol–water partition coefficient (Wildman–Crippen LogP) is 3.45. The number of amides is 1. The smallest absolute Gasteiger partial charge is 0.248 e. The van der Waals surface area contributed by atoms with Crippen molar-refractivity contribution in [3.63, 3.8) is 0 Å². The Balaban J connectivity index is 1.88. The molecule has 1 amide bonds. The summed E-state index contributed by atoms with van der Waals surface area (Å²) >= 11 is 0. The number of rotatable bonds is 1. The molecule has 0 saturated heterocycles. The zero-order valence-corrected chi connectivity index (χ0v) is 14.4. The summed E-state index contributed by atoms with van der Waals surface area (Å²) in [5.41, 5.74) is 0.220. The molecule has 2 heterocycles. The lowest BCUT2D eigenvalue weighted by molar-refractivity contribution is -0.150. The molecule has 1 aliphatic heterocycles. The topological polar surface area (TPSA) is 66.2 Å². The highest BCUT2D eigenvalue weighted by Crippen LogP contribution is 2.46. The van der Waals surface area contributed by atoms with Gasteiger partial charge in [-0.1, -0.05) is 6.92 Å². The van der Waals surface area contributed by atoms with E-state index in [-0.39, 0.29) is 44.2 Å². The molecule has 0 unspecified atom stereocenters. The number of fused-ring (bicyclic) bond motifs is 1. The Kier molecular flexibility index (Phi) is 4.40. The lowest BCUT2D eigenvalue weighted by Crippen LogP contribution is -2.47. The molecule has 1 atom stereocenters. The average molecular weight is 349 g/mol. The fourth-order valence-electron chi connectivity index (χ4n) is 3.62. The average Bonchev–Trinajstić information content (AvgIpc) is 2.76. The molecule has 1 fully saturated rings. The lowest BCUT2D eigenvalue weighted by Gasteiger charge is -2.40. The summed E-state index contributed by atoms with van der Waals surface area (Å²) in [5.74, 6) is -2.35. The van der Waals surface area contributed by atoms with Crippen LogP contribution in [0.5, 0.6) is 5.75 Å². The third-order valence-electron chi connectivity index (χ3n) is 5.40. The molecule has 0 bridgehead atoms. The molecule has 1 aromatic rings. The summed E-state index contributed by atoms with van der Waals surface area (Å²) in [6, 6.07) is 1.72. The van der Waals surface area contributed by atoms with E-state index in [9.17, 15) is 18.8 Å². The molecule has 7 heteroatoms. The van der Waals surface area contributed by atoms with Crippen LogP contribution in [0.4, 0.5) is 8.78 Å². The van der Waals surface area contributed by atoms with Crippen molar-refractivity contribution in [1.82, 2.24) is 9.88 Å². The van der Waals surface area contributed by atoms with Gasteiger partial charge in [0.15, 0.2) is 0 Å². The maximum atomic E-state index is 13.5. The van der Waals surface area contributed by atoms with Gasteiger partial charge in [0.05, 0.1) is 12.6 Å². The summed E-state index contributed by atoms with van der Waals surface area (Å²) in [5, 5.41) is 9.22. The van der Waals surface area contributed by atoms with Gasteiger partial charge in [0.25, 0.3) is 0 Å².